The Hall–Kier alpha value is -3.27. The summed E-state index contributed by atoms with van der Waals surface area (Å²) in [6.07, 6.45) is 4.10. The molecule has 188 valence electrons. The van der Waals surface area contributed by atoms with E-state index in [1.807, 2.05) is 37.3 Å². The number of rotatable bonds is 10. The Balaban J connectivity index is 2.00. The van der Waals surface area contributed by atoms with Crippen LogP contribution in [0.25, 0.3) is 0 Å². The minimum atomic E-state index is -0.674. The fourth-order valence-corrected chi connectivity index (χ4v) is 4.52. The molecule has 0 aliphatic carbocycles. The Morgan fingerprint density at radius 3 is 2.31 bits per heavy atom. The van der Waals surface area contributed by atoms with Gasteiger partial charge in [-0.25, -0.2) is 0 Å². The molecule has 8 heteroatoms. The average molecular weight is 527 g/mol. The lowest BCUT2D eigenvalue weighted by atomic mass is 9.97. The summed E-state index contributed by atoms with van der Waals surface area (Å²) in [6.45, 7) is 5.95. The molecule has 1 heterocycles. The van der Waals surface area contributed by atoms with Crippen molar-refractivity contribution in [3.63, 3.8) is 0 Å². The lowest BCUT2D eigenvalue weighted by molar-refractivity contribution is 0.103. The Morgan fingerprint density at radius 1 is 1.08 bits per heavy atom. The van der Waals surface area contributed by atoms with E-state index in [2.05, 4.69) is 6.92 Å². The maximum atomic E-state index is 13.5. The van der Waals surface area contributed by atoms with Gasteiger partial charge in [-0.1, -0.05) is 79.2 Å². The summed E-state index contributed by atoms with van der Waals surface area (Å²) >= 11 is 12.8. The number of aryl methyl sites for hydroxylation is 1. The maximum absolute atomic E-state index is 13.5. The van der Waals surface area contributed by atoms with Gasteiger partial charge in [-0.2, -0.15) is 5.26 Å². The molecule has 6 nitrogen and oxygen atoms in total. The fourth-order valence-electron chi connectivity index (χ4n) is 3.92. The first-order valence-corrected chi connectivity index (χ1v) is 12.5. The number of ketones is 1. The third kappa shape index (κ3) is 5.92. The predicted molar refractivity (Wildman–Crippen MR) is 142 cm³/mol. The van der Waals surface area contributed by atoms with Crippen molar-refractivity contribution in [2.45, 2.75) is 53.0 Å². The molecular formula is C28H28Cl2N2O4. The maximum Gasteiger partial charge on any atom is 0.271 e. The van der Waals surface area contributed by atoms with E-state index in [-0.39, 0.29) is 44.6 Å². The lowest BCUT2D eigenvalue weighted by Gasteiger charge is -2.17. The molecule has 3 rings (SSSR count). The van der Waals surface area contributed by atoms with Crippen LogP contribution in [0.1, 0.15) is 70.8 Å². The number of hydrogen-bond donors (Lipinski definition) is 1. The summed E-state index contributed by atoms with van der Waals surface area (Å²) in [6, 6.07) is 12.1. The summed E-state index contributed by atoms with van der Waals surface area (Å²) in [5, 5.41) is 21.0. The zero-order valence-electron chi connectivity index (χ0n) is 20.5. The molecule has 0 bridgehead atoms. The van der Waals surface area contributed by atoms with Gasteiger partial charge in [0.1, 0.15) is 11.6 Å². The van der Waals surface area contributed by atoms with Crippen molar-refractivity contribution in [1.82, 2.24) is 4.57 Å². The largest absolute Gasteiger partial charge is 0.494 e. The van der Waals surface area contributed by atoms with Crippen LogP contribution in [0.4, 0.5) is 0 Å². The number of carbonyl (C=O) groups is 1. The second-order valence-electron chi connectivity index (χ2n) is 8.69. The van der Waals surface area contributed by atoms with Crippen LogP contribution in [0, 0.1) is 25.2 Å². The van der Waals surface area contributed by atoms with Gasteiger partial charge in [-0.15, -0.1) is 0 Å². The number of aromatic hydroxyl groups is 1. The lowest BCUT2D eigenvalue weighted by Crippen LogP contribution is -2.27. The second kappa shape index (κ2) is 12.1. The highest BCUT2D eigenvalue weighted by Crippen LogP contribution is 2.36. The zero-order valence-corrected chi connectivity index (χ0v) is 22.0. The molecular weight excluding hydrogens is 499 g/mol. The van der Waals surface area contributed by atoms with Crippen molar-refractivity contribution in [3.8, 4) is 17.7 Å². The number of hydrogen-bond acceptors (Lipinski definition) is 5. The number of carbonyl (C=O) groups excluding carboxylic acids is 1. The van der Waals surface area contributed by atoms with Gasteiger partial charge in [0.05, 0.1) is 28.8 Å². The molecule has 0 spiro atoms. The molecule has 0 saturated heterocycles. The van der Waals surface area contributed by atoms with E-state index in [9.17, 15) is 20.0 Å². The van der Waals surface area contributed by atoms with Gasteiger partial charge < -0.3 is 9.84 Å². The highest BCUT2D eigenvalue weighted by molar-refractivity contribution is 6.38. The first-order chi connectivity index (χ1) is 17.2. The highest BCUT2D eigenvalue weighted by Gasteiger charge is 2.26. The molecule has 0 aliphatic rings. The molecule has 0 atom stereocenters. The van der Waals surface area contributed by atoms with Crippen LogP contribution in [-0.2, 0) is 6.54 Å². The number of nitriles is 1. The second-order valence-corrected chi connectivity index (χ2v) is 9.51. The van der Waals surface area contributed by atoms with Crippen LogP contribution in [0.5, 0.6) is 11.6 Å². The summed E-state index contributed by atoms with van der Waals surface area (Å²) in [4.78, 5) is 26.5. The van der Waals surface area contributed by atoms with Gasteiger partial charge in [0.25, 0.3) is 5.56 Å². The van der Waals surface area contributed by atoms with Gasteiger partial charge in [-0.3, -0.25) is 14.2 Å². The fraction of sp³-hybridized carbons (Fsp3) is 0.321. The van der Waals surface area contributed by atoms with Gasteiger partial charge >= 0.3 is 0 Å². The Bertz CT molecular complexity index is 1350. The van der Waals surface area contributed by atoms with Crippen LogP contribution in [0.2, 0.25) is 10.0 Å². The van der Waals surface area contributed by atoms with E-state index < -0.39 is 17.2 Å². The number of nitrogens with zero attached hydrogens (tertiary/aromatic N) is 2. The summed E-state index contributed by atoms with van der Waals surface area (Å²) in [5.41, 5.74) is 0.920. The van der Waals surface area contributed by atoms with E-state index in [1.54, 1.807) is 0 Å². The number of halogens is 2. The zero-order chi connectivity index (χ0) is 26.4. The van der Waals surface area contributed by atoms with Crippen LogP contribution >= 0.6 is 23.2 Å². The van der Waals surface area contributed by atoms with Crippen LogP contribution < -0.4 is 10.3 Å². The van der Waals surface area contributed by atoms with Gasteiger partial charge in [0.2, 0.25) is 5.88 Å². The molecule has 0 radical (unpaired) electrons. The van der Waals surface area contributed by atoms with Crippen molar-refractivity contribution in [2.75, 3.05) is 6.61 Å². The number of aromatic nitrogens is 1. The third-order valence-corrected chi connectivity index (χ3v) is 6.55. The predicted octanol–water partition coefficient (Wildman–Crippen LogP) is 6.59. The Morgan fingerprint density at radius 2 is 1.72 bits per heavy atom. The van der Waals surface area contributed by atoms with Crippen LogP contribution in [0.3, 0.4) is 0 Å². The number of benzene rings is 2. The average Bonchev–Trinajstić information content (AvgIpc) is 2.84. The van der Waals surface area contributed by atoms with E-state index in [0.717, 1.165) is 41.4 Å². The summed E-state index contributed by atoms with van der Waals surface area (Å²) in [7, 11) is 0. The van der Waals surface area contributed by atoms with E-state index in [4.69, 9.17) is 27.9 Å². The minimum Gasteiger partial charge on any atom is -0.494 e. The van der Waals surface area contributed by atoms with Crippen molar-refractivity contribution in [3.05, 3.63) is 90.2 Å². The smallest absolute Gasteiger partial charge is 0.271 e. The van der Waals surface area contributed by atoms with Gasteiger partial charge in [0.15, 0.2) is 11.5 Å². The molecule has 0 fully saturated rings. The highest BCUT2D eigenvalue weighted by atomic mass is 35.5. The van der Waals surface area contributed by atoms with E-state index >= 15 is 0 Å². The number of unbranched alkanes of at least 4 members (excludes halogenated alkanes) is 3. The van der Waals surface area contributed by atoms with Crippen molar-refractivity contribution < 1.29 is 14.6 Å². The first kappa shape index (κ1) is 27.3. The molecule has 1 N–H and O–H groups in total. The van der Waals surface area contributed by atoms with Crippen molar-refractivity contribution in [1.29, 1.82) is 5.26 Å². The summed E-state index contributed by atoms with van der Waals surface area (Å²) in [5.74, 6) is -0.850. The van der Waals surface area contributed by atoms with Crippen LogP contribution in [0.15, 0.2) is 41.2 Å². The molecule has 36 heavy (non-hydrogen) atoms. The Labute approximate surface area is 220 Å². The van der Waals surface area contributed by atoms with Gasteiger partial charge in [-0.05, 0) is 43.5 Å². The molecule has 1 aromatic heterocycles. The monoisotopic (exact) mass is 526 g/mol. The topological polar surface area (TPSA) is 92.3 Å². The van der Waals surface area contributed by atoms with Crippen molar-refractivity contribution in [2.24, 2.45) is 0 Å². The van der Waals surface area contributed by atoms with E-state index in [1.165, 1.54) is 19.1 Å². The van der Waals surface area contributed by atoms with Crippen molar-refractivity contribution >= 4 is 29.0 Å². The van der Waals surface area contributed by atoms with Crippen LogP contribution in [-0.4, -0.2) is 22.1 Å². The SMILES string of the molecule is CCCCCCOc1c(Cl)cc(C(=O)c2c(C)c(C#N)c(=O)n(Cc3ccc(C)cc3)c2O)cc1Cl. The third-order valence-electron chi connectivity index (χ3n) is 5.99. The normalized spacial score (nSPS) is 10.8. The first-order valence-electron chi connectivity index (χ1n) is 11.8. The van der Waals surface area contributed by atoms with Gasteiger partial charge in [0, 0.05) is 5.56 Å². The van der Waals surface area contributed by atoms with E-state index in [0.29, 0.717) is 6.61 Å². The summed E-state index contributed by atoms with van der Waals surface area (Å²) < 4.78 is 6.76. The number of pyridine rings is 1. The quantitative estimate of drug-likeness (QED) is 0.237. The molecule has 2 aromatic carbocycles. The molecule has 3 aromatic rings. The molecule has 0 unspecified atom stereocenters. The minimum absolute atomic E-state index is 0.00743. The molecule has 0 aliphatic heterocycles. The molecule has 0 amide bonds. The molecule has 0 saturated carbocycles. The Kier molecular flexibility index (Phi) is 9.19. The standard InChI is InChI=1S/C28H28Cl2N2O4/c1-4-5-6-7-12-36-26-22(29)13-20(14-23(26)30)25(33)24-18(3)21(15-31)27(34)32(28(24)35)16-19-10-8-17(2)9-11-19/h8-11,13-14,35H,4-7,12,16H2,1-3H3. The number of ether oxygens (including phenoxy) is 1.